The van der Waals surface area contributed by atoms with Crippen LogP contribution in [0.2, 0.25) is 0 Å². The molecule has 2 amide bonds. The van der Waals surface area contributed by atoms with E-state index in [-0.39, 0.29) is 37.1 Å². The minimum atomic E-state index is -1.12. The molecule has 3 aromatic heterocycles. The highest BCUT2D eigenvalue weighted by Gasteiger charge is 2.32. The minimum absolute atomic E-state index is 0.0326. The smallest absolute Gasteiger partial charge is 0.322 e. The number of aryl methyl sites for hydroxylation is 4. The minimum Gasteiger partial charge on any atom is -0.481 e. The average Bonchev–Trinajstić information content (AvgIpc) is 3.75. The zero-order valence-electron chi connectivity index (χ0n) is 29.8. The van der Waals surface area contributed by atoms with E-state index < -0.39 is 24.4 Å². The fourth-order valence-electron chi connectivity index (χ4n) is 7.21. The summed E-state index contributed by atoms with van der Waals surface area (Å²) in [5, 5.41) is 23.5. The number of rotatable bonds is 11. The maximum Gasteiger partial charge on any atom is 0.322 e. The number of nitrogens with one attached hydrogen (secondary N) is 4. The fraction of sp³-hybridized carbons (Fsp3) is 0.421. The first-order valence-corrected chi connectivity index (χ1v) is 17.2. The van der Waals surface area contributed by atoms with E-state index in [1.165, 1.54) is 5.56 Å². The highest BCUT2D eigenvalue weighted by atomic mass is 16.4. The Hall–Kier alpha value is -5.26. The zero-order valence-corrected chi connectivity index (χ0v) is 29.8. The van der Waals surface area contributed by atoms with Gasteiger partial charge in [-0.1, -0.05) is 20.8 Å². The maximum absolute atomic E-state index is 13.8. The second-order valence-corrected chi connectivity index (χ2v) is 13.1. The molecule has 2 aliphatic heterocycles. The summed E-state index contributed by atoms with van der Waals surface area (Å²) in [6.07, 6.45) is 1.87. The number of nitrogens with zero attached hydrogens (tertiary/aromatic N) is 2. The van der Waals surface area contributed by atoms with Crippen LogP contribution < -0.4 is 10.6 Å². The molecule has 0 aliphatic carbocycles. The molecule has 0 fully saturated rings. The van der Waals surface area contributed by atoms with E-state index in [1.54, 1.807) is 0 Å². The molecule has 264 valence electrons. The molecule has 50 heavy (non-hydrogen) atoms. The number of hydrogen-bond acceptors (Lipinski definition) is 6. The van der Waals surface area contributed by atoms with E-state index in [0.717, 1.165) is 68.9 Å². The van der Waals surface area contributed by atoms with Gasteiger partial charge >= 0.3 is 11.9 Å². The van der Waals surface area contributed by atoms with E-state index >= 15 is 0 Å². The lowest BCUT2D eigenvalue weighted by Crippen LogP contribution is -2.29. The van der Waals surface area contributed by atoms with Crippen molar-refractivity contribution in [2.45, 2.75) is 92.4 Å². The maximum atomic E-state index is 13.8. The predicted molar refractivity (Wildman–Crippen MR) is 193 cm³/mol. The van der Waals surface area contributed by atoms with Crippen molar-refractivity contribution in [3.05, 3.63) is 68.8 Å². The lowest BCUT2D eigenvalue weighted by atomic mass is 9.85. The van der Waals surface area contributed by atoms with Crippen LogP contribution in [0.3, 0.4) is 0 Å². The van der Waals surface area contributed by atoms with Crippen LogP contribution in [0, 0.1) is 20.8 Å². The fourth-order valence-corrected chi connectivity index (χ4v) is 7.21. The molecule has 5 rings (SSSR count). The molecule has 0 spiro atoms. The predicted octanol–water partition coefficient (Wildman–Crippen LogP) is 6.22. The second-order valence-electron chi connectivity index (χ2n) is 13.1. The number of allylic oxidation sites excluding steroid dienone is 2. The first-order chi connectivity index (χ1) is 23.7. The molecule has 8 bridgehead atoms. The van der Waals surface area contributed by atoms with Gasteiger partial charge in [-0.3, -0.25) is 24.2 Å². The molecule has 2 aliphatic rings. The van der Waals surface area contributed by atoms with E-state index in [9.17, 15) is 24.3 Å². The third kappa shape index (κ3) is 7.05. The van der Waals surface area contributed by atoms with Crippen molar-refractivity contribution in [1.29, 1.82) is 0 Å². The summed E-state index contributed by atoms with van der Waals surface area (Å²) in [4.78, 5) is 66.1. The number of carbonyl (C=O) groups excluding carboxylic acids is 2. The van der Waals surface area contributed by atoms with E-state index in [1.807, 2.05) is 19.9 Å². The van der Waals surface area contributed by atoms with Crippen LogP contribution in [0.1, 0.15) is 121 Å². The number of fused-ring (bicyclic) bond motifs is 8. The van der Waals surface area contributed by atoms with Crippen LogP contribution >= 0.6 is 0 Å². The molecule has 12 nitrogen and oxygen atoms in total. The Kier molecular flexibility index (Phi) is 10.6. The summed E-state index contributed by atoms with van der Waals surface area (Å²) in [5.74, 6) is -3.22. The standard InChI is InChI=1S/C38H46N6O6/c1-8-23-18(3)26-14-28-20(5)25(10-11-32(45)40-17-34(48)49)36(43-28)22(7)37-35(38(50)39-13-12-33(46)47)21(6)29(44-37)16-31-24(9-2)19(4)27(42-31)15-30(23)41-26/h14-16,20,25,41,44H,8-13,17H2,1-7H3,(H,39,50)(H,40,45)(H,46,47)(H,48,49). The topological polar surface area (TPSA) is 190 Å². The van der Waals surface area contributed by atoms with Crippen LogP contribution in [0.5, 0.6) is 0 Å². The van der Waals surface area contributed by atoms with Crippen molar-refractivity contribution < 1.29 is 29.4 Å². The third-order valence-electron chi connectivity index (χ3n) is 10.1. The van der Waals surface area contributed by atoms with Gasteiger partial charge in [0.1, 0.15) is 6.54 Å². The zero-order chi connectivity index (χ0) is 36.4. The number of amides is 2. The van der Waals surface area contributed by atoms with Gasteiger partial charge in [-0.2, -0.15) is 0 Å². The molecule has 12 heteroatoms. The van der Waals surface area contributed by atoms with Crippen molar-refractivity contribution >= 4 is 57.0 Å². The number of carboxylic acids is 2. The van der Waals surface area contributed by atoms with Gasteiger partial charge in [-0.15, -0.1) is 0 Å². The first kappa shape index (κ1) is 36.0. The van der Waals surface area contributed by atoms with E-state index in [2.05, 4.69) is 67.4 Å². The molecule has 2 atom stereocenters. The van der Waals surface area contributed by atoms with Crippen LogP contribution in [0.4, 0.5) is 0 Å². The molecule has 0 radical (unpaired) electrons. The average molecular weight is 683 g/mol. The number of H-pyrrole nitrogens is 2. The van der Waals surface area contributed by atoms with Crippen molar-refractivity contribution in [3.63, 3.8) is 0 Å². The Morgan fingerprint density at radius 2 is 1.50 bits per heavy atom. The van der Waals surface area contributed by atoms with Crippen molar-refractivity contribution in [3.8, 4) is 0 Å². The monoisotopic (exact) mass is 682 g/mol. The molecular weight excluding hydrogens is 636 g/mol. The molecule has 0 saturated heterocycles. The Morgan fingerprint density at radius 1 is 0.800 bits per heavy atom. The number of carboxylic acid groups (broad SMARTS) is 2. The van der Waals surface area contributed by atoms with Gasteiger partial charge < -0.3 is 30.8 Å². The van der Waals surface area contributed by atoms with Crippen molar-refractivity contribution in [1.82, 2.24) is 30.6 Å². The van der Waals surface area contributed by atoms with Crippen LogP contribution in [-0.4, -0.2) is 67.0 Å². The van der Waals surface area contributed by atoms with E-state index in [0.29, 0.717) is 28.6 Å². The van der Waals surface area contributed by atoms with Gasteiger partial charge in [-0.05, 0) is 98.6 Å². The second kappa shape index (κ2) is 14.7. The summed E-state index contributed by atoms with van der Waals surface area (Å²) in [6.45, 7) is 13.7. The quantitative estimate of drug-likeness (QED) is 0.137. The molecular formula is C38H46N6O6. The number of carbonyl (C=O) groups is 4. The SMILES string of the molecule is CCC1=C(C)c2cc3[nH]c(cc4nc(c(C)c5[nH]c(cc1n2)c(C)c5C(=O)NCCC(=O)O)C(CCC(=O)NCC(=O)O)C4C)c(C)c3CC. The highest BCUT2D eigenvalue weighted by Crippen LogP contribution is 2.42. The number of aromatic nitrogens is 4. The molecule has 5 heterocycles. The van der Waals surface area contributed by atoms with Crippen molar-refractivity contribution in [2.75, 3.05) is 13.1 Å². The van der Waals surface area contributed by atoms with Gasteiger partial charge in [-0.25, -0.2) is 4.98 Å². The van der Waals surface area contributed by atoms with Gasteiger partial charge in [0, 0.05) is 52.7 Å². The van der Waals surface area contributed by atoms with Crippen LogP contribution in [0.25, 0.3) is 33.2 Å². The Bertz CT molecular complexity index is 2090. The van der Waals surface area contributed by atoms with Crippen LogP contribution in [-0.2, 0) is 20.8 Å². The summed E-state index contributed by atoms with van der Waals surface area (Å²) in [7, 11) is 0. The summed E-state index contributed by atoms with van der Waals surface area (Å²) < 4.78 is 0. The largest absolute Gasteiger partial charge is 0.481 e. The van der Waals surface area contributed by atoms with Gasteiger partial charge in [0.15, 0.2) is 0 Å². The molecule has 2 unspecified atom stereocenters. The summed E-state index contributed by atoms with van der Waals surface area (Å²) >= 11 is 0. The summed E-state index contributed by atoms with van der Waals surface area (Å²) in [5.41, 5.74) is 12.7. The Morgan fingerprint density at radius 3 is 2.16 bits per heavy atom. The van der Waals surface area contributed by atoms with Gasteiger partial charge in [0.25, 0.3) is 5.91 Å². The lowest BCUT2D eigenvalue weighted by molar-refractivity contribution is -0.138. The van der Waals surface area contributed by atoms with Gasteiger partial charge in [0.2, 0.25) is 5.91 Å². The highest BCUT2D eigenvalue weighted by molar-refractivity contribution is 6.06. The number of aromatic amines is 2. The van der Waals surface area contributed by atoms with Crippen molar-refractivity contribution in [2.24, 2.45) is 0 Å². The Labute approximate surface area is 290 Å². The molecule has 6 N–H and O–H groups in total. The lowest BCUT2D eigenvalue weighted by Gasteiger charge is -2.17. The molecule has 0 aromatic carbocycles. The normalized spacial score (nSPS) is 15.7. The summed E-state index contributed by atoms with van der Waals surface area (Å²) in [6, 6.07) is 6.13. The van der Waals surface area contributed by atoms with Gasteiger partial charge in [0.05, 0.1) is 28.9 Å². The molecule has 3 aromatic rings. The first-order valence-electron chi connectivity index (χ1n) is 17.2. The van der Waals surface area contributed by atoms with Crippen LogP contribution in [0.15, 0.2) is 18.2 Å². The molecule has 0 saturated carbocycles. The number of hydrogen-bond donors (Lipinski definition) is 6. The number of aliphatic carboxylic acids is 2. The third-order valence-corrected chi connectivity index (χ3v) is 10.1. The van der Waals surface area contributed by atoms with E-state index in [4.69, 9.17) is 15.1 Å². The Balaban J connectivity index is 1.84.